The van der Waals surface area contributed by atoms with Crippen molar-refractivity contribution < 1.29 is 0 Å². The van der Waals surface area contributed by atoms with Crippen molar-refractivity contribution in [2.24, 2.45) is 0 Å². The average molecular weight is 290 g/mol. The van der Waals surface area contributed by atoms with E-state index < -0.39 is 0 Å². The van der Waals surface area contributed by atoms with Crippen LogP contribution in [0.3, 0.4) is 0 Å². The monoisotopic (exact) mass is 290 g/mol. The lowest BCUT2D eigenvalue weighted by molar-refractivity contribution is 0.674. The van der Waals surface area contributed by atoms with E-state index in [0.717, 1.165) is 17.6 Å². The van der Waals surface area contributed by atoms with Gasteiger partial charge in [-0.2, -0.15) is 5.10 Å². The van der Waals surface area contributed by atoms with Crippen molar-refractivity contribution in [3.63, 3.8) is 0 Å². The van der Waals surface area contributed by atoms with Crippen molar-refractivity contribution in [2.45, 2.75) is 13.0 Å². The van der Waals surface area contributed by atoms with Gasteiger partial charge in [-0.25, -0.2) is 9.50 Å². The Morgan fingerprint density at radius 2 is 1.91 bits per heavy atom. The van der Waals surface area contributed by atoms with Gasteiger partial charge in [-0.1, -0.05) is 30.3 Å². The first-order valence-corrected chi connectivity index (χ1v) is 7.19. The zero-order valence-electron chi connectivity index (χ0n) is 11.9. The maximum absolute atomic E-state index is 12.6. The van der Waals surface area contributed by atoms with E-state index in [0.29, 0.717) is 11.9 Å². The molecule has 108 valence electrons. The molecular weight excluding hydrogens is 276 g/mol. The van der Waals surface area contributed by atoms with Crippen molar-refractivity contribution in [3.05, 3.63) is 77.0 Å². The van der Waals surface area contributed by atoms with Gasteiger partial charge < -0.3 is 4.57 Å². The highest BCUT2D eigenvalue weighted by Crippen LogP contribution is 2.10. The van der Waals surface area contributed by atoms with E-state index in [2.05, 4.69) is 22.2 Å². The van der Waals surface area contributed by atoms with Crippen LogP contribution in [0.25, 0.3) is 16.6 Å². The molecule has 0 spiro atoms. The van der Waals surface area contributed by atoms with E-state index in [9.17, 15) is 4.79 Å². The molecule has 0 aliphatic rings. The lowest BCUT2D eigenvalue weighted by Gasteiger charge is -2.08. The molecule has 5 heteroatoms. The van der Waals surface area contributed by atoms with Gasteiger partial charge in [0.05, 0.1) is 17.1 Å². The molecule has 3 heterocycles. The molecule has 5 nitrogen and oxygen atoms in total. The second-order valence-corrected chi connectivity index (χ2v) is 5.21. The summed E-state index contributed by atoms with van der Waals surface area (Å²) in [6.07, 6.45) is 5.97. The van der Waals surface area contributed by atoms with Crippen LogP contribution in [0.4, 0.5) is 0 Å². The number of hydrogen-bond donors (Lipinski definition) is 0. The molecule has 1 aromatic carbocycles. The first kappa shape index (κ1) is 12.8. The first-order valence-electron chi connectivity index (χ1n) is 7.19. The molecule has 0 fully saturated rings. The van der Waals surface area contributed by atoms with E-state index in [4.69, 9.17) is 0 Å². The van der Waals surface area contributed by atoms with Gasteiger partial charge >= 0.3 is 0 Å². The largest absolute Gasteiger partial charge is 0.314 e. The highest BCUT2D eigenvalue weighted by molar-refractivity contribution is 5.78. The zero-order valence-corrected chi connectivity index (χ0v) is 11.9. The van der Waals surface area contributed by atoms with Gasteiger partial charge in [-0.05, 0) is 18.1 Å². The SMILES string of the molecule is O=c1c2cnc3ccnn3c2ccn1CCc1ccccc1. The maximum atomic E-state index is 12.6. The summed E-state index contributed by atoms with van der Waals surface area (Å²) in [7, 11) is 0. The van der Waals surface area contributed by atoms with Crippen molar-refractivity contribution in [1.29, 1.82) is 0 Å². The molecule has 22 heavy (non-hydrogen) atoms. The number of rotatable bonds is 3. The van der Waals surface area contributed by atoms with Crippen LogP contribution < -0.4 is 5.56 Å². The van der Waals surface area contributed by atoms with Gasteiger partial charge in [0.1, 0.15) is 0 Å². The third kappa shape index (κ3) is 2.07. The zero-order chi connectivity index (χ0) is 14.9. The van der Waals surface area contributed by atoms with Gasteiger partial charge in [0, 0.05) is 25.0 Å². The van der Waals surface area contributed by atoms with Crippen molar-refractivity contribution >= 4 is 16.6 Å². The molecule has 3 aromatic heterocycles. The Balaban J connectivity index is 1.75. The fourth-order valence-electron chi connectivity index (χ4n) is 2.67. The number of nitrogens with zero attached hydrogens (tertiary/aromatic N) is 4. The molecule has 0 amide bonds. The highest BCUT2D eigenvalue weighted by Gasteiger charge is 2.07. The molecule has 4 rings (SSSR count). The van der Waals surface area contributed by atoms with Crippen LogP contribution in [0.1, 0.15) is 5.56 Å². The summed E-state index contributed by atoms with van der Waals surface area (Å²) in [6.45, 7) is 0.649. The predicted octanol–water partition coefficient (Wildman–Crippen LogP) is 2.29. The van der Waals surface area contributed by atoms with Gasteiger partial charge in [0.25, 0.3) is 5.56 Å². The fourth-order valence-corrected chi connectivity index (χ4v) is 2.67. The van der Waals surface area contributed by atoms with Gasteiger partial charge in [0.2, 0.25) is 0 Å². The number of aryl methyl sites for hydroxylation is 2. The van der Waals surface area contributed by atoms with Crippen molar-refractivity contribution in [3.8, 4) is 0 Å². The number of pyridine rings is 1. The van der Waals surface area contributed by atoms with Gasteiger partial charge in [-0.3, -0.25) is 4.79 Å². The summed E-state index contributed by atoms with van der Waals surface area (Å²) in [6, 6.07) is 13.9. The van der Waals surface area contributed by atoms with E-state index >= 15 is 0 Å². The third-order valence-electron chi connectivity index (χ3n) is 3.84. The Hall–Kier alpha value is -2.95. The quantitative estimate of drug-likeness (QED) is 0.581. The van der Waals surface area contributed by atoms with Crippen molar-refractivity contribution in [1.82, 2.24) is 19.2 Å². The molecule has 0 aliphatic heterocycles. The lowest BCUT2D eigenvalue weighted by Crippen LogP contribution is -2.21. The summed E-state index contributed by atoms with van der Waals surface area (Å²) >= 11 is 0. The Morgan fingerprint density at radius 1 is 1.05 bits per heavy atom. The molecule has 0 saturated heterocycles. The van der Waals surface area contributed by atoms with Gasteiger partial charge in [-0.15, -0.1) is 0 Å². The summed E-state index contributed by atoms with van der Waals surface area (Å²) < 4.78 is 3.42. The Morgan fingerprint density at radius 3 is 2.77 bits per heavy atom. The number of hydrogen-bond acceptors (Lipinski definition) is 3. The van der Waals surface area contributed by atoms with Crippen LogP contribution in [0, 0.1) is 0 Å². The minimum absolute atomic E-state index is 0.0293. The summed E-state index contributed by atoms with van der Waals surface area (Å²) in [5.41, 5.74) is 2.72. The number of benzene rings is 1. The van der Waals surface area contributed by atoms with Crippen LogP contribution >= 0.6 is 0 Å². The Labute approximate surface area is 126 Å². The highest BCUT2D eigenvalue weighted by atomic mass is 16.1. The van der Waals surface area contributed by atoms with Crippen LogP contribution in [-0.4, -0.2) is 19.2 Å². The maximum Gasteiger partial charge on any atom is 0.261 e. The Bertz CT molecular complexity index is 1000. The molecule has 0 atom stereocenters. The fraction of sp³-hybridized carbons (Fsp3) is 0.118. The second-order valence-electron chi connectivity index (χ2n) is 5.21. The van der Waals surface area contributed by atoms with E-state index in [1.54, 1.807) is 21.5 Å². The van der Waals surface area contributed by atoms with Crippen LogP contribution in [0.2, 0.25) is 0 Å². The molecule has 0 aliphatic carbocycles. The number of aromatic nitrogens is 4. The number of fused-ring (bicyclic) bond motifs is 3. The summed E-state index contributed by atoms with van der Waals surface area (Å²) in [4.78, 5) is 16.9. The normalized spacial score (nSPS) is 11.3. The van der Waals surface area contributed by atoms with Crippen LogP contribution in [-0.2, 0) is 13.0 Å². The molecule has 0 unspecified atom stereocenters. The lowest BCUT2D eigenvalue weighted by atomic mass is 10.1. The summed E-state index contributed by atoms with van der Waals surface area (Å²) in [5, 5.41) is 4.81. The van der Waals surface area contributed by atoms with E-state index in [-0.39, 0.29) is 5.56 Å². The third-order valence-corrected chi connectivity index (χ3v) is 3.84. The minimum atomic E-state index is -0.0293. The van der Waals surface area contributed by atoms with Crippen LogP contribution in [0.15, 0.2) is 65.8 Å². The molecule has 0 N–H and O–H groups in total. The van der Waals surface area contributed by atoms with Gasteiger partial charge in [0.15, 0.2) is 5.65 Å². The standard InChI is InChI=1S/C17H14N4O/c22-17-14-12-18-16-6-9-19-21(16)15(14)8-11-20(17)10-7-13-4-2-1-3-5-13/h1-6,8-9,11-12H,7,10H2. The first-order chi connectivity index (χ1) is 10.8. The average Bonchev–Trinajstić information content (AvgIpc) is 3.04. The second kappa shape index (κ2) is 5.11. The minimum Gasteiger partial charge on any atom is -0.314 e. The molecule has 0 saturated carbocycles. The topological polar surface area (TPSA) is 52.2 Å². The Kier molecular flexibility index (Phi) is 2.96. The molecule has 4 aromatic rings. The predicted molar refractivity (Wildman–Crippen MR) is 84.9 cm³/mol. The molecular formula is C17H14N4O. The van der Waals surface area contributed by atoms with E-state index in [1.165, 1.54) is 5.56 Å². The van der Waals surface area contributed by atoms with E-state index in [1.807, 2.05) is 36.5 Å². The van der Waals surface area contributed by atoms with Crippen LogP contribution in [0.5, 0.6) is 0 Å². The van der Waals surface area contributed by atoms with Crippen molar-refractivity contribution in [2.75, 3.05) is 0 Å². The molecule has 0 bridgehead atoms. The summed E-state index contributed by atoms with van der Waals surface area (Å²) in [5.74, 6) is 0. The smallest absolute Gasteiger partial charge is 0.261 e. The molecule has 0 radical (unpaired) electrons.